The van der Waals surface area contributed by atoms with Crippen LogP contribution in [0.25, 0.3) is 0 Å². The molecule has 0 saturated carbocycles. The quantitative estimate of drug-likeness (QED) is 0.724. The number of benzene rings is 1. The lowest BCUT2D eigenvalue weighted by Crippen LogP contribution is -2.31. The second-order valence-electron chi connectivity index (χ2n) is 3.53. The van der Waals surface area contributed by atoms with E-state index in [4.69, 9.17) is 5.26 Å². The Hall–Kier alpha value is -1.82. The number of amides is 1. The number of hydrogen-bond donors (Lipinski definition) is 0. The van der Waals surface area contributed by atoms with E-state index in [2.05, 4.69) is 6.92 Å². The molecule has 1 aromatic rings. The Morgan fingerprint density at radius 2 is 1.94 bits per heavy atom. The molecule has 84 valence electrons. The van der Waals surface area contributed by atoms with Crippen LogP contribution in [0.4, 0.5) is 0 Å². The van der Waals surface area contributed by atoms with Gasteiger partial charge >= 0.3 is 0 Å². The molecule has 3 nitrogen and oxygen atoms in total. The summed E-state index contributed by atoms with van der Waals surface area (Å²) >= 11 is 0. The summed E-state index contributed by atoms with van der Waals surface area (Å²) in [6.45, 7) is 4.65. The molecule has 0 N–H and O–H groups in total. The van der Waals surface area contributed by atoms with Gasteiger partial charge in [0.2, 0.25) is 0 Å². The molecule has 0 spiro atoms. The van der Waals surface area contributed by atoms with Gasteiger partial charge in [-0.05, 0) is 31.0 Å². The number of aryl methyl sites for hydroxylation is 1. The highest BCUT2D eigenvalue weighted by Crippen LogP contribution is 2.08. The van der Waals surface area contributed by atoms with Crippen LogP contribution in [0.5, 0.6) is 0 Å². The standard InChI is InChI=1S/C13H16N2O/c1-3-11-5-7-12(8-6-11)13(16)15(4-2)10-9-14/h5-8H,3-4,10H2,1-2H3. The van der Waals surface area contributed by atoms with E-state index in [-0.39, 0.29) is 12.5 Å². The Bertz CT molecular complexity index is 389. The number of carbonyl (C=O) groups excluding carboxylic acids is 1. The van der Waals surface area contributed by atoms with Gasteiger partial charge in [-0.3, -0.25) is 4.79 Å². The van der Waals surface area contributed by atoms with Crippen LogP contribution in [0.15, 0.2) is 24.3 Å². The van der Waals surface area contributed by atoms with Gasteiger partial charge in [-0.1, -0.05) is 19.1 Å². The highest BCUT2D eigenvalue weighted by atomic mass is 16.2. The van der Waals surface area contributed by atoms with Crippen LogP contribution in [0.2, 0.25) is 0 Å². The van der Waals surface area contributed by atoms with Crippen molar-refractivity contribution in [2.45, 2.75) is 20.3 Å². The first kappa shape index (κ1) is 12.3. The number of rotatable bonds is 4. The Balaban J connectivity index is 2.83. The van der Waals surface area contributed by atoms with E-state index in [0.717, 1.165) is 6.42 Å². The third-order valence-corrected chi connectivity index (χ3v) is 2.54. The highest BCUT2D eigenvalue weighted by Gasteiger charge is 2.12. The largest absolute Gasteiger partial charge is 0.326 e. The topological polar surface area (TPSA) is 44.1 Å². The molecule has 0 aromatic heterocycles. The number of carbonyl (C=O) groups is 1. The first-order valence-electron chi connectivity index (χ1n) is 5.48. The van der Waals surface area contributed by atoms with E-state index in [1.165, 1.54) is 10.5 Å². The van der Waals surface area contributed by atoms with Crippen LogP contribution in [-0.4, -0.2) is 23.9 Å². The van der Waals surface area contributed by atoms with Gasteiger partial charge < -0.3 is 4.90 Å². The minimum atomic E-state index is -0.0771. The first-order chi connectivity index (χ1) is 7.72. The van der Waals surface area contributed by atoms with Crippen LogP contribution >= 0.6 is 0 Å². The maximum absolute atomic E-state index is 11.9. The van der Waals surface area contributed by atoms with Crippen molar-refractivity contribution in [3.8, 4) is 6.07 Å². The fourth-order valence-electron chi connectivity index (χ4n) is 1.48. The summed E-state index contributed by atoms with van der Waals surface area (Å²) in [6.07, 6.45) is 0.962. The van der Waals surface area contributed by atoms with Crippen molar-refractivity contribution >= 4 is 5.91 Å². The molecule has 0 aliphatic rings. The zero-order valence-corrected chi connectivity index (χ0v) is 9.73. The lowest BCUT2D eigenvalue weighted by atomic mass is 10.1. The lowest BCUT2D eigenvalue weighted by molar-refractivity contribution is 0.0784. The van der Waals surface area contributed by atoms with E-state index in [1.54, 1.807) is 0 Å². The summed E-state index contributed by atoms with van der Waals surface area (Å²) < 4.78 is 0. The summed E-state index contributed by atoms with van der Waals surface area (Å²) in [4.78, 5) is 13.5. The smallest absolute Gasteiger partial charge is 0.254 e. The maximum Gasteiger partial charge on any atom is 0.254 e. The Kier molecular flexibility index (Phi) is 4.53. The molecule has 1 aromatic carbocycles. The van der Waals surface area contributed by atoms with E-state index in [9.17, 15) is 4.79 Å². The van der Waals surface area contributed by atoms with Gasteiger partial charge in [0.05, 0.1) is 6.07 Å². The minimum Gasteiger partial charge on any atom is -0.326 e. The zero-order chi connectivity index (χ0) is 12.0. The molecule has 0 bridgehead atoms. The van der Waals surface area contributed by atoms with E-state index in [0.29, 0.717) is 12.1 Å². The molecule has 0 radical (unpaired) electrons. The molecule has 0 heterocycles. The van der Waals surface area contributed by atoms with Crippen LogP contribution < -0.4 is 0 Å². The predicted molar refractivity (Wildman–Crippen MR) is 63.0 cm³/mol. The van der Waals surface area contributed by atoms with E-state index < -0.39 is 0 Å². The van der Waals surface area contributed by atoms with Crippen LogP contribution in [0.3, 0.4) is 0 Å². The Morgan fingerprint density at radius 3 is 2.38 bits per heavy atom. The second kappa shape index (κ2) is 5.92. The zero-order valence-electron chi connectivity index (χ0n) is 9.73. The Labute approximate surface area is 96.3 Å². The third kappa shape index (κ3) is 2.83. The van der Waals surface area contributed by atoms with Gasteiger partial charge in [0.15, 0.2) is 0 Å². The summed E-state index contributed by atoms with van der Waals surface area (Å²) in [6, 6.07) is 9.54. The van der Waals surface area contributed by atoms with Crippen LogP contribution in [0.1, 0.15) is 29.8 Å². The van der Waals surface area contributed by atoms with Crippen LogP contribution in [-0.2, 0) is 6.42 Å². The molecule has 1 amide bonds. The molecular weight excluding hydrogens is 200 g/mol. The Morgan fingerprint density at radius 1 is 1.31 bits per heavy atom. The van der Waals surface area contributed by atoms with Crippen molar-refractivity contribution in [3.05, 3.63) is 35.4 Å². The predicted octanol–water partition coefficient (Wildman–Crippen LogP) is 2.23. The van der Waals surface area contributed by atoms with Crippen LogP contribution in [0, 0.1) is 11.3 Å². The lowest BCUT2D eigenvalue weighted by Gasteiger charge is -2.17. The molecule has 16 heavy (non-hydrogen) atoms. The molecule has 1 rings (SSSR count). The summed E-state index contributed by atoms with van der Waals surface area (Å²) in [5.74, 6) is -0.0771. The third-order valence-electron chi connectivity index (χ3n) is 2.54. The van der Waals surface area contributed by atoms with Crippen molar-refractivity contribution in [2.24, 2.45) is 0 Å². The highest BCUT2D eigenvalue weighted by molar-refractivity contribution is 5.94. The monoisotopic (exact) mass is 216 g/mol. The van der Waals surface area contributed by atoms with E-state index in [1.807, 2.05) is 37.3 Å². The number of nitrogens with zero attached hydrogens (tertiary/aromatic N) is 2. The molecule has 0 aliphatic carbocycles. The number of nitriles is 1. The van der Waals surface area contributed by atoms with Gasteiger partial charge in [-0.2, -0.15) is 5.26 Å². The summed E-state index contributed by atoms with van der Waals surface area (Å²) in [7, 11) is 0. The van der Waals surface area contributed by atoms with Gasteiger partial charge in [-0.25, -0.2) is 0 Å². The van der Waals surface area contributed by atoms with Crippen molar-refractivity contribution in [2.75, 3.05) is 13.1 Å². The average Bonchev–Trinajstić information content (AvgIpc) is 2.35. The molecule has 3 heteroatoms. The van der Waals surface area contributed by atoms with Crippen molar-refractivity contribution in [1.82, 2.24) is 4.90 Å². The van der Waals surface area contributed by atoms with Gasteiger partial charge in [0, 0.05) is 12.1 Å². The fourth-order valence-corrected chi connectivity index (χ4v) is 1.48. The fraction of sp³-hybridized carbons (Fsp3) is 0.385. The van der Waals surface area contributed by atoms with Crippen molar-refractivity contribution < 1.29 is 4.79 Å². The maximum atomic E-state index is 11.9. The van der Waals surface area contributed by atoms with Gasteiger partial charge in [0.1, 0.15) is 6.54 Å². The van der Waals surface area contributed by atoms with Crippen molar-refractivity contribution in [3.63, 3.8) is 0 Å². The summed E-state index contributed by atoms with van der Waals surface area (Å²) in [5, 5.41) is 8.60. The molecule has 0 unspecified atom stereocenters. The van der Waals surface area contributed by atoms with Crippen molar-refractivity contribution in [1.29, 1.82) is 5.26 Å². The molecule has 0 fully saturated rings. The molecule has 0 aliphatic heterocycles. The minimum absolute atomic E-state index is 0.0771. The second-order valence-corrected chi connectivity index (χ2v) is 3.53. The molecular formula is C13H16N2O. The SMILES string of the molecule is CCc1ccc(C(=O)N(CC)CC#N)cc1. The summed E-state index contributed by atoms with van der Waals surface area (Å²) in [5.41, 5.74) is 1.86. The first-order valence-corrected chi connectivity index (χ1v) is 5.48. The average molecular weight is 216 g/mol. The van der Waals surface area contributed by atoms with Gasteiger partial charge in [-0.15, -0.1) is 0 Å². The molecule has 0 saturated heterocycles. The number of hydrogen-bond acceptors (Lipinski definition) is 2. The molecule has 0 atom stereocenters. The van der Waals surface area contributed by atoms with E-state index >= 15 is 0 Å². The normalized spacial score (nSPS) is 9.56. The van der Waals surface area contributed by atoms with Gasteiger partial charge in [0.25, 0.3) is 5.91 Å².